The topological polar surface area (TPSA) is 92.0 Å². The number of hydrogen-bond donors (Lipinski definition) is 0. The third-order valence-corrected chi connectivity index (χ3v) is 7.04. The van der Waals surface area contributed by atoms with Gasteiger partial charge in [0.05, 0.1) is 47.8 Å². The molecule has 2 aromatic heterocycles. The van der Waals surface area contributed by atoms with E-state index in [4.69, 9.17) is 19.2 Å². The average molecular weight is 528 g/mol. The first kappa shape index (κ1) is 25.2. The van der Waals surface area contributed by atoms with Gasteiger partial charge in [0.1, 0.15) is 6.54 Å². The van der Waals surface area contributed by atoms with Gasteiger partial charge in [-0.1, -0.05) is 59.9 Å². The van der Waals surface area contributed by atoms with E-state index in [2.05, 4.69) is 4.99 Å². The monoisotopic (exact) mass is 527 g/mol. The van der Waals surface area contributed by atoms with Crippen molar-refractivity contribution in [1.29, 1.82) is 0 Å². The Balaban J connectivity index is 1.70. The zero-order valence-corrected chi connectivity index (χ0v) is 22.0. The third kappa shape index (κ3) is 4.88. The van der Waals surface area contributed by atoms with E-state index in [0.717, 1.165) is 10.3 Å². The Bertz CT molecular complexity index is 1720. The molecule has 38 heavy (non-hydrogen) atoms. The lowest BCUT2D eigenvalue weighted by atomic mass is 10.0. The number of ether oxygens (including phenoxy) is 3. The summed E-state index contributed by atoms with van der Waals surface area (Å²) >= 11 is 1.28. The maximum absolute atomic E-state index is 13.7. The third-order valence-electron chi connectivity index (χ3n) is 5.99. The van der Waals surface area contributed by atoms with E-state index in [9.17, 15) is 9.59 Å². The number of esters is 1. The summed E-state index contributed by atoms with van der Waals surface area (Å²) in [7, 11) is 3.09. The molecule has 0 radical (unpaired) electrons. The standard InChI is InChI=1S/C29H25N3O5S/c1-4-37-27(33)17-32-23-15-24(35-2)25(36-3)16-26(23)38-29(32)31-28(34)20-14-22(18-10-6-5-7-11-18)30-21-13-9-8-12-19(20)21/h5-16H,4,17H2,1-3H3. The van der Waals surface area contributed by atoms with E-state index >= 15 is 0 Å². The van der Waals surface area contributed by atoms with Crippen LogP contribution in [0.1, 0.15) is 17.3 Å². The van der Waals surface area contributed by atoms with Crippen molar-refractivity contribution in [2.75, 3.05) is 20.8 Å². The van der Waals surface area contributed by atoms with Crippen molar-refractivity contribution in [1.82, 2.24) is 9.55 Å². The fourth-order valence-corrected chi connectivity index (χ4v) is 5.26. The molecule has 0 unspecified atom stereocenters. The summed E-state index contributed by atoms with van der Waals surface area (Å²) < 4.78 is 18.5. The fraction of sp³-hybridized carbons (Fsp3) is 0.172. The van der Waals surface area contributed by atoms with E-state index in [0.29, 0.717) is 44.0 Å². The molecule has 5 rings (SSSR count). The van der Waals surface area contributed by atoms with Crippen molar-refractivity contribution in [2.24, 2.45) is 4.99 Å². The number of fused-ring (bicyclic) bond motifs is 2. The molecule has 3 aromatic carbocycles. The van der Waals surface area contributed by atoms with Crippen LogP contribution < -0.4 is 14.3 Å². The van der Waals surface area contributed by atoms with Crippen molar-refractivity contribution in [3.63, 3.8) is 0 Å². The van der Waals surface area contributed by atoms with Gasteiger partial charge < -0.3 is 18.8 Å². The van der Waals surface area contributed by atoms with Crippen molar-refractivity contribution < 1.29 is 23.8 Å². The zero-order valence-electron chi connectivity index (χ0n) is 21.1. The molecule has 0 aliphatic rings. The summed E-state index contributed by atoms with van der Waals surface area (Å²) in [5, 5.41) is 0.697. The first-order chi connectivity index (χ1) is 18.5. The predicted molar refractivity (Wildman–Crippen MR) is 147 cm³/mol. The van der Waals surface area contributed by atoms with E-state index in [-0.39, 0.29) is 13.2 Å². The maximum atomic E-state index is 13.7. The first-order valence-corrected chi connectivity index (χ1v) is 12.8. The second-order valence-electron chi connectivity index (χ2n) is 8.31. The lowest BCUT2D eigenvalue weighted by molar-refractivity contribution is -0.143. The van der Waals surface area contributed by atoms with Gasteiger partial charge in [-0.3, -0.25) is 9.59 Å². The maximum Gasteiger partial charge on any atom is 0.326 e. The van der Waals surface area contributed by atoms with Gasteiger partial charge in [-0.2, -0.15) is 4.99 Å². The molecule has 0 atom stereocenters. The van der Waals surface area contributed by atoms with E-state index in [1.807, 2.05) is 54.6 Å². The summed E-state index contributed by atoms with van der Waals surface area (Å²) in [6.45, 7) is 1.88. The molecule has 0 saturated carbocycles. The fourth-order valence-electron chi connectivity index (χ4n) is 4.23. The van der Waals surface area contributed by atoms with Crippen LogP contribution >= 0.6 is 11.3 Å². The van der Waals surface area contributed by atoms with Gasteiger partial charge in [-0.25, -0.2) is 4.98 Å². The Kier molecular flexibility index (Phi) is 7.19. The molecular formula is C29H25N3O5S. The average Bonchev–Trinajstić information content (AvgIpc) is 3.27. The van der Waals surface area contributed by atoms with Crippen LogP contribution in [0, 0.1) is 0 Å². The summed E-state index contributed by atoms with van der Waals surface area (Å²) in [4.78, 5) is 35.8. The van der Waals surface area contributed by atoms with Crippen LogP contribution in [-0.2, 0) is 16.1 Å². The lowest BCUT2D eigenvalue weighted by Crippen LogP contribution is -2.23. The van der Waals surface area contributed by atoms with Gasteiger partial charge in [-0.15, -0.1) is 0 Å². The number of hydrogen-bond acceptors (Lipinski definition) is 7. The molecule has 192 valence electrons. The van der Waals surface area contributed by atoms with Crippen molar-refractivity contribution in [3.8, 4) is 22.8 Å². The number of carbonyl (C=O) groups excluding carboxylic acids is 2. The quantitative estimate of drug-likeness (QED) is 0.269. The number of rotatable bonds is 7. The van der Waals surface area contributed by atoms with Gasteiger partial charge in [0, 0.05) is 23.1 Å². The highest BCUT2D eigenvalue weighted by atomic mass is 32.1. The van der Waals surface area contributed by atoms with Crippen LogP contribution in [0.15, 0.2) is 77.8 Å². The molecular weight excluding hydrogens is 502 g/mol. The number of carbonyl (C=O) groups is 2. The Morgan fingerprint density at radius 2 is 1.66 bits per heavy atom. The van der Waals surface area contributed by atoms with Gasteiger partial charge in [0.2, 0.25) is 0 Å². The number of amides is 1. The number of para-hydroxylation sites is 1. The number of thiazole rings is 1. The van der Waals surface area contributed by atoms with Gasteiger partial charge >= 0.3 is 5.97 Å². The van der Waals surface area contributed by atoms with E-state index in [1.54, 1.807) is 43.9 Å². The summed E-state index contributed by atoms with van der Waals surface area (Å²) in [5.41, 5.74) is 3.36. The first-order valence-electron chi connectivity index (χ1n) is 12.0. The molecule has 0 aliphatic heterocycles. The van der Waals surface area contributed by atoms with E-state index in [1.165, 1.54) is 11.3 Å². The number of pyridine rings is 1. The van der Waals surface area contributed by atoms with Crippen molar-refractivity contribution in [2.45, 2.75) is 13.5 Å². The minimum Gasteiger partial charge on any atom is -0.493 e. The van der Waals surface area contributed by atoms with Crippen LogP contribution in [0.5, 0.6) is 11.5 Å². The van der Waals surface area contributed by atoms with Crippen LogP contribution in [-0.4, -0.2) is 42.3 Å². The highest BCUT2D eigenvalue weighted by Gasteiger charge is 2.18. The molecule has 8 nitrogen and oxygen atoms in total. The molecule has 0 fully saturated rings. The van der Waals surface area contributed by atoms with Crippen LogP contribution in [0.3, 0.4) is 0 Å². The molecule has 9 heteroatoms. The Labute approximate surface area is 222 Å². The summed E-state index contributed by atoms with van der Waals surface area (Å²) in [5.74, 6) is 0.163. The number of benzene rings is 3. The molecule has 5 aromatic rings. The SMILES string of the molecule is CCOC(=O)Cn1c(=NC(=O)c2cc(-c3ccccc3)nc3ccccc23)sc2cc(OC)c(OC)cc21. The Morgan fingerprint density at radius 3 is 2.39 bits per heavy atom. The summed E-state index contributed by atoms with van der Waals surface area (Å²) in [6, 6.07) is 22.5. The lowest BCUT2D eigenvalue weighted by Gasteiger charge is -2.09. The minimum atomic E-state index is -0.441. The smallest absolute Gasteiger partial charge is 0.326 e. The molecule has 2 heterocycles. The molecule has 0 N–H and O–H groups in total. The minimum absolute atomic E-state index is 0.109. The van der Waals surface area contributed by atoms with Gasteiger partial charge in [0.25, 0.3) is 5.91 Å². The highest BCUT2D eigenvalue weighted by Crippen LogP contribution is 2.33. The summed E-state index contributed by atoms with van der Waals surface area (Å²) in [6.07, 6.45) is 0. The van der Waals surface area contributed by atoms with Crippen LogP contribution in [0.2, 0.25) is 0 Å². The Hall–Kier alpha value is -4.50. The molecule has 1 amide bonds. The van der Waals surface area contributed by atoms with Crippen molar-refractivity contribution in [3.05, 3.63) is 83.2 Å². The molecule has 0 spiro atoms. The Morgan fingerprint density at radius 1 is 0.947 bits per heavy atom. The van der Waals surface area contributed by atoms with Gasteiger partial charge in [0.15, 0.2) is 16.3 Å². The van der Waals surface area contributed by atoms with Crippen LogP contribution in [0.4, 0.5) is 0 Å². The predicted octanol–water partition coefficient (Wildman–Crippen LogP) is 5.24. The van der Waals surface area contributed by atoms with E-state index < -0.39 is 11.9 Å². The zero-order chi connectivity index (χ0) is 26.6. The molecule has 0 saturated heterocycles. The second-order valence-corrected chi connectivity index (χ2v) is 9.32. The normalized spacial score (nSPS) is 11.6. The number of methoxy groups -OCH3 is 2. The van der Waals surface area contributed by atoms with Crippen LogP contribution in [0.25, 0.3) is 32.4 Å². The molecule has 0 bridgehead atoms. The van der Waals surface area contributed by atoms with Crippen molar-refractivity contribution >= 4 is 44.3 Å². The molecule has 0 aliphatic carbocycles. The van der Waals surface area contributed by atoms with Gasteiger partial charge in [-0.05, 0) is 19.1 Å². The highest BCUT2D eigenvalue weighted by molar-refractivity contribution is 7.16. The number of aromatic nitrogens is 2. The largest absolute Gasteiger partial charge is 0.493 e. The number of nitrogens with zero attached hydrogens (tertiary/aromatic N) is 3. The second kappa shape index (κ2) is 10.9.